The smallest absolute Gasteiger partial charge is 0.175 e. The van der Waals surface area contributed by atoms with E-state index in [1.807, 2.05) is 17.7 Å². The molecule has 0 saturated carbocycles. The predicted octanol–water partition coefficient (Wildman–Crippen LogP) is 3.64. The van der Waals surface area contributed by atoms with Gasteiger partial charge in [0, 0.05) is 12.2 Å². The summed E-state index contributed by atoms with van der Waals surface area (Å²) in [5, 5.41) is 11.2. The van der Waals surface area contributed by atoms with E-state index in [4.69, 9.17) is 12.2 Å². The number of nitrogens with one attached hydrogen (secondary N) is 2. The van der Waals surface area contributed by atoms with Crippen molar-refractivity contribution in [3.63, 3.8) is 0 Å². The molecule has 0 aliphatic heterocycles. The van der Waals surface area contributed by atoms with Crippen molar-refractivity contribution in [1.82, 2.24) is 9.78 Å². The van der Waals surface area contributed by atoms with Crippen molar-refractivity contribution >= 4 is 28.7 Å². The van der Waals surface area contributed by atoms with Crippen molar-refractivity contribution in [2.45, 2.75) is 34.2 Å². The number of hydrogen-bond acceptors (Lipinski definition) is 2. The quantitative estimate of drug-likeness (QED) is 0.846. The Balaban J connectivity index is 2.05. The highest BCUT2D eigenvalue weighted by atomic mass is 32.1. The summed E-state index contributed by atoms with van der Waals surface area (Å²) in [5.74, 6) is 0. The summed E-state index contributed by atoms with van der Waals surface area (Å²) in [5.41, 5.74) is 5.53. The minimum absolute atomic E-state index is 0.576. The second-order valence-electron chi connectivity index (χ2n) is 4.84. The van der Waals surface area contributed by atoms with E-state index < -0.39 is 0 Å². The van der Waals surface area contributed by atoms with Gasteiger partial charge in [-0.1, -0.05) is 6.07 Å². The first-order valence-electron chi connectivity index (χ1n) is 6.69. The normalized spacial score (nSPS) is 10.4. The molecule has 0 spiro atoms. The van der Waals surface area contributed by atoms with Crippen LogP contribution in [0.2, 0.25) is 0 Å². The molecule has 5 heteroatoms. The van der Waals surface area contributed by atoms with Crippen LogP contribution in [0.1, 0.15) is 23.7 Å². The molecular weight excluding hydrogens is 268 g/mol. The van der Waals surface area contributed by atoms with Crippen LogP contribution in [0.5, 0.6) is 0 Å². The Kier molecular flexibility index (Phi) is 4.39. The van der Waals surface area contributed by atoms with E-state index in [9.17, 15) is 0 Å². The van der Waals surface area contributed by atoms with Gasteiger partial charge in [-0.3, -0.25) is 4.68 Å². The van der Waals surface area contributed by atoms with Crippen molar-refractivity contribution in [2.75, 3.05) is 10.6 Å². The minimum Gasteiger partial charge on any atom is -0.332 e. The lowest BCUT2D eigenvalue weighted by atomic mass is 10.1. The Morgan fingerprint density at radius 3 is 2.55 bits per heavy atom. The highest BCUT2D eigenvalue weighted by Gasteiger charge is 2.07. The van der Waals surface area contributed by atoms with Gasteiger partial charge in [-0.2, -0.15) is 5.10 Å². The lowest BCUT2D eigenvalue weighted by molar-refractivity contribution is 0.640. The first-order chi connectivity index (χ1) is 9.51. The maximum Gasteiger partial charge on any atom is 0.175 e. The first-order valence-corrected chi connectivity index (χ1v) is 7.09. The summed E-state index contributed by atoms with van der Waals surface area (Å²) in [6.07, 6.45) is 1.80. The van der Waals surface area contributed by atoms with Crippen LogP contribution in [0.25, 0.3) is 0 Å². The van der Waals surface area contributed by atoms with Crippen molar-refractivity contribution in [3.05, 3.63) is 41.2 Å². The molecule has 2 N–H and O–H groups in total. The number of aryl methyl sites for hydroxylation is 3. The van der Waals surface area contributed by atoms with E-state index in [0.717, 1.165) is 23.6 Å². The summed E-state index contributed by atoms with van der Waals surface area (Å²) >= 11 is 5.34. The summed E-state index contributed by atoms with van der Waals surface area (Å²) in [6.45, 7) is 9.13. The molecule has 20 heavy (non-hydrogen) atoms. The van der Waals surface area contributed by atoms with Crippen LogP contribution < -0.4 is 10.6 Å². The molecule has 0 radical (unpaired) electrons. The minimum atomic E-state index is 0.576. The van der Waals surface area contributed by atoms with E-state index in [0.29, 0.717) is 5.11 Å². The van der Waals surface area contributed by atoms with Crippen molar-refractivity contribution < 1.29 is 0 Å². The third kappa shape index (κ3) is 3.17. The number of anilines is 2. The van der Waals surface area contributed by atoms with Gasteiger partial charge in [-0.15, -0.1) is 0 Å². The molecule has 106 valence electrons. The largest absolute Gasteiger partial charge is 0.332 e. The fraction of sp³-hybridized carbons (Fsp3) is 0.333. The fourth-order valence-electron chi connectivity index (χ4n) is 1.99. The van der Waals surface area contributed by atoms with Crippen molar-refractivity contribution in [3.8, 4) is 0 Å². The van der Waals surface area contributed by atoms with E-state index in [1.54, 1.807) is 6.20 Å². The predicted molar refractivity (Wildman–Crippen MR) is 88.4 cm³/mol. The molecule has 0 bridgehead atoms. The monoisotopic (exact) mass is 288 g/mol. The number of benzene rings is 1. The molecule has 0 fully saturated rings. The number of thiocarbonyl (C=S) groups is 1. The Morgan fingerprint density at radius 2 is 1.95 bits per heavy atom. The Labute approximate surface area is 125 Å². The topological polar surface area (TPSA) is 41.9 Å². The molecular formula is C15H20N4S. The van der Waals surface area contributed by atoms with Crippen LogP contribution in [-0.4, -0.2) is 14.9 Å². The number of nitrogens with zero attached hydrogens (tertiary/aromatic N) is 2. The van der Waals surface area contributed by atoms with Crippen molar-refractivity contribution in [2.24, 2.45) is 0 Å². The van der Waals surface area contributed by atoms with Crippen LogP contribution in [0.15, 0.2) is 24.4 Å². The van der Waals surface area contributed by atoms with Gasteiger partial charge in [0.05, 0.1) is 17.6 Å². The molecule has 1 heterocycles. The van der Waals surface area contributed by atoms with Gasteiger partial charge in [0.15, 0.2) is 5.11 Å². The molecule has 1 aromatic heterocycles. The molecule has 0 amide bonds. The van der Waals surface area contributed by atoms with Gasteiger partial charge < -0.3 is 10.6 Å². The van der Waals surface area contributed by atoms with Crippen LogP contribution >= 0.6 is 12.2 Å². The highest BCUT2D eigenvalue weighted by molar-refractivity contribution is 7.80. The van der Waals surface area contributed by atoms with E-state index in [-0.39, 0.29) is 0 Å². The van der Waals surface area contributed by atoms with E-state index in [1.165, 1.54) is 11.1 Å². The van der Waals surface area contributed by atoms with Gasteiger partial charge in [-0.05, 0) is 63.2 Å². The molecule has 2 rings (SSSR count). The second kappa shape index (κ2) is 6.05. The lowest BCUT2D eigenvalue weighted by Crippen LogP contribution is -2.19. The number of aromatic nitrogens is 2. The first kappa shape index (κ1) is 14.5. The number of rotatable bonds is 3. The third-order valence-electron chi connectivity index (χ3n) is 3.42. The van der Waals surface area contributed by atoms with Gasteiger partial charge in [0.2, 0.25) is 0 Å². The van der Waals surface area contributed by atoms with Gasteiger partial charge >= 0.3 is 0 Å². The molecule has 0 aliphatic carbocycles. The van der Waals surface area contributed by atoms with Gasteiger partial charge in [0.25, 0.3) is 0 Å². The zero-order valence-electron chi connectivity index (χ0n) is 12.3. The zero-order chi connectivity index (χ0) is 14.7. The van der Waals surface area contributed by atoms with Crippen LogP contribution in [0.4, 0.5) is 11.4 Å². The third-order valence-corrected chi connectivity index (χ3v) is 3.62. The molecule has 1 aromatic carbocycles. The Morgan fingerprint density at radius 1 is 1.20 bits per heavy atom. The van der Waals surface area contributed by atoms with Crippen LogP contribution in [0, 0.1) is 20.8 Å². The molecule has 4 nitrogen and oxygen atoms in total. The summed E-state index contributed by atoms with van der Waals surface area (Å²) < 4.78 is 1.93. The summed E-state index contributed by atoms with van der Waals surface area (Å²) in [4.78, 5) is 0. The average Bonchev–Trinajstić information content (AvgIpc) is 2.75. The zero-order valence-corrected chi connectivity index (χ0v) is 13.1. The Bertz CT molecular complexity index is 631. The second-order valence-corrected chi connectivity index (χ2v) is 5.25. The maximum absolute atomic E-state index is 5.34. The average molecular weight is 288 g/mol. The highest BCUT2D eigenvalue weighted by Crippen LogP contribution is 2.16. The molecule has 2 aromatic rings. The molecule has 0 saturated heterocycles. The Hall–Kier alpha value is -1.88. The van der Waals surface area contributed by atoms with E-state index in [2.05, 4.69) is 48.6 Å². The maximum atomic E-state index is 5.34. The number of hydrogen-bond donors (Lipinski definition) is 2. The molecule has 0 atom stereocenters. The van der Waals surface area contributed by atoms with Gasteiger partial charge in [0.1, 0.15) is 0 Å². The molecule has 0 unspecified atom stereocenters. The molecule has 0 aliphatic rings. The summed E-state index contributed by atoms with van der Waals surface area (Å²) in [6, 6.07) is 6.20. The summed E-state index contributed by atoms with van der Waals surface area (Å²) in [7, 11) is 0. The lowest BCUT2D eigenvalue weighted by Gasteiger charge is -2.11. The van der Waals surface area contributed by atoms with E-state index >= 15 is 0 Å². The van der Waals surface area contributed by atoms with Gasteiger partial charge in [-0.25, -0.2) is 0 Å². The van der Waals surface area contributed by atoms with Crippen molar-refractivity contribution in [1.29, 1.82) is 0 Å². The van der Waals surface area contributed by atoms with Crippen LogP contribution in [0.3, 0.4) is 0 Å². The SMILES string of the molecule is CCn1ncc(NC(=S)Nc2ccc(C)c(C)c2)c1C. The van der Waals surface area contributed by atoms with Crippen LogP contribution in [-0.2, 0) is 6.54 Å². The standard InChI is InChI=1S/C15H20N4S/c1-5-19-12(4)14(9-16-19)18-15(20)17-13-7-6-10(2)11(3)8-13/h6-9H,5H2,1-4H3,(H2,17,18,20). The fourth-order valence-corrected chi connectivity index (χ4v) is 2.22.